The van der Waals surface area contributed by atoms with Crippen LogP contribution in [0.2, 0.25) is 0 Å². The van der Waals surface area contributed by atoms with Crippen molar-refractivity contribution in [2.24, 2.45) is 0 Å². The summed E-state index contributed by atoms with van der Waals surface area (Å²) < 4.78 is 5.49. The van der Waals surface area contributed by atoms with Crippen molar-refractivity contribution >= 4 is 17.0 Å². The first-order valence-corrected chi connectivity index (χ1v) is 5.87. The molecule has 0 aliphatic carbocycles. The number of nitriles is 2. The van der Waals surface area contributed by atoms with Gasteiger partial charge in [0, 0.05) is 0 Å². The second kappa shape index (κ2) is 5.69. The lowest BCUT2D eigenvalue weighted by molar-refractivity contribution is 0.597. The third-order valence-electron chi connectivity index (χ3n) is 2.81. The van der Waals surface area contributed by atoms with Gasteiger partial charge in [-0.3, -0.25) is 4.79 Å². The van der Waals surface area contributed by atoms with E-state index in [0.717, 1.165) is 5.56 Å². The second-order valence-corrected chi connectivity index (χ2v) is 4.09. The van der Waals surface area contributed by atoms with Crippen molar-refractivity contribution in [3.8, 4) is 12.1 Å². The second-order valence-electron chi connectivity index (χ2n) is 4.09. The van der Waals surface area contributed by atoms with Crippen LogP contribution >= 0.6 is 0 Å². The first kappa shape index (κ1) is 13.3. The third kappa shape index (κ3) is 2.36. The molecule has 4 nitrogen and oxygen atoms in total. The molecule has 1 aromatic heterocycles. The molecule has 0 saturated carbocycles. The molecule has 4 heteroatoms. The number of hydrogen-bond donors (Lipinski definition) is 0. The third-order valence-corrected chi connectivity index (χ3v) is 2.81. The molecular formula is C16H10N2O2. The molecule has 0 N–H and O–H groups in total. The van der Waals surface area contributed by atoms with E-state index in [4.69, 9.17) is 14.9 Å². The molecule has 0 radical (unpaired) electrons. The Morgan fingerprint density at radius 2 is 2.10 bits per heavy atom. The number of nitrogens with zero attached hydrogens (tertiary/aromatic N) is 2. The van der Waals surface area contributed by atoms with E-state index in [1.54, 1.807) is 30.3 Å². The zero-order valence-electron chi connectivity index (χ0n) is 10.6. The SMILES string of the molecule is C=CCc1cccc2c(=O)c(C=C(C#N)C#N)coc12. The van der Waals surface area contributed by atoms with E-state index in [-0.39, 0.29) is 16.6 Å². The predicted molar refractivity (Wildman–Crippen MR) is 75.6 cm³/mol. The molecule has 20 heavy (non-hydrogen) atoms. The summed E-state index contributed by atoms with van der Waals surface area (Å²) in [5.74, 6) is 0. The summed E-state index contributed by atoms with van der Waals surface area (Å²) >= 11 is 0. The summed E-state index contributed by atoms with van der Waals surface area (Å²) in [6.07, 6.45) is 4.82. The van der Waals surface area contributed by atoms with Crippen LogP contribution in [0.1, 0.15) is 11.1 Å². The normalized spacial score (nSPS) is 9.50. The quantitative estimate of drug-likeness (QED) is 0.629. The molecule has 0 bridgehead atoms. The van der Waals surface area contributed by atoms with E-state index >= 15 is 0 Å². The van der Waals surface area contributed by atoms with E-state index in [2.05, 4.69) is 6.58 Å². The number of benzene rings is 1. The molecule has 0 atom stereocenters. The highest BCUT2D eigenvalue weighted by Gasteiger charge is 2.09. The highest BCUT2D eigenvalue weighted by atomic mass is 16.3. The minimum absolute atomic E-state index is 0.140. The van der Waals surface area contributed by atoms with Crippen molar-refractivity contribution in [3.63, 3.8) is 0 Å². The maximum atomic E-state index is 12.3. The molecule has 0 aliphatic heterocycles. The zero-order valence-corrected chi connectivity index (χ0v) is 10.6. The van der Waals surface area contributed by atoms with Crippen molar-refractivity contribution in [1.29, 1.82) is 10.5 Å². The fourth-order valence-corrected chi connectivity index (χ4v) is 1.90. The lowest BCUT2D eigenvalue weighted by Crippen LogP contribution is -2.06. The fourth-order valence-electron chi connectivity index (χ4n) is 1.90. The molecule has 2 aromatic rings. The Bertz CT molecular complexity index is 829. The highest BCUT2D eigenvalue weighted by molar-refractivity contribution is 5.82. The Morgan fingerprint density at radius 3 is 2.75 bits per heavy atom. The van der Waals surface area contributed by atoms with Gasteiger partial charge in [-0.2, -0.15) is 10.5 Å². The van der Waals surface area contributed by atoms with Crippen LogP contribution in [0.25, 0.3) is 17.0 Å². The van der Waals surface area contributed by atoms with Crippen LogP contribution < -0.4 is 5.43 Å². The van der Waals surface area contributed by atoms with Gasteiger partial charge < -0.3 is 4.42 Å². The molecular weight excluding hydrogens is 252 g/mol. The van der Waals surface area contributed by atoms with Crippen LogP contribution in [0.15, 0.2) is 51.9 Å². The fraction of sp³-hybridized carbons (Fsp3) is 0.0625. The first-order chi connectivity index (χ1) is 9.71. The summed E-state index contributed by atoms with van der Waals surface area (Å²) in [4.78, 5) is 12.3. The van der Waals surface area contributed by atoms with Gasteiger partial charge in [0.25, 0.3) is 0 Å². The van der Waals surface area contributed by atoms with Crippen molar-refractivity contribution in [1.82, 2.24) is 0 Å². The van der Waals surface area contributed by atoms with E-state index in [0.29, 0.717) is 17.4 Å². The van der Waals surface area contributed by atoms with Crippen LogP contribution in [-0.4, -0.2) is 0 Å². The van der Waals surface area contributed by atoms with Gasteiger partial charge in [-0.25, -0.2) is 0 Å². The summed E-state index contributed by atoms with van der Waals surface area (Å²) in [7, 11) is 0. The molecule has 0 saturated heterocycles. The van der Waals surface area contributed by atoms with Crippen LogP contribution in [-0.2, 0) is 6.42 Å². The van der Waals surface area contributed by atoms with Gasteiger partial charge >= 0.3 is 0 Å². The number of rotatable bonds is 3. The van der Waals surface area contributed by atoms with Crippen molar-refractivity contribution in [2.75, 3.05) is 0 Å². The average Bonchev–Trinajstić information content (AvgIpc) is 2.48. The van der Waals surface area contributed by atoms with E-state index < -0.39 is 0 Å². The summed E-state index contributed by atoms with van der Waals surface area (Å²) in [5, 5.41) is 17.9. The Kier molecular flexibility index (Phi) is 3.79. The van der Waals surface area contributed by atoms with Crippen molar-refractivity contribution < 1.29 is 4.42 Å². The number of fused-ring (bicyclic) bond motifs is 1. The van der Waals surface area contributed by atoms with Crippen LogP contribution in [0, 0.1) is 22.7 Å². The molecule has 1 heterocycles. The molecule has 0 fully saturated rings. The van der Waals surface area contributed by atoms with Crippen molar-refractivity contribution in [2.45, 2.75) is 6.42 Å². The van der Waals surface area contributed by atoms with Gasteiger partial charge in [0.2, 0.25) is 0 Å². The Balaban J connectivity index is 2.71. The maximum absolute atomic E-state index is 12.3. The van der Waals surface area contributed by atoms with Gasteiger partial charge in [-0.15, -0.1) is 6.58 Å². The van der Waals surface area contributed by atoms with Crippen LogP contribution in [0.4, 0.5) is 0 Å². The summed E-state index contributed by atoms with van der Waals surface area (Å²) in [6, 6.07) is 8.71. The molecule has 0 amide bonds. The van der Waals surface area contributed by atoms with Crippen LogP contribution in [0.5, 0.6) is 0 Å². The van der Waals surface area contributed by atoms with E-state index in [9.17, 15) is 4.79 Å². The zero-order chi connectivity index (χ0) is 14.5. The van der Waals surface area contributed by atoms with Gasteiger partial charge in [-0.1, -0.05) is 18.2 Å². The minimum atomic E-state index is -0.264. The average molecular weight is 262 g/mol. The maximum Gasteiger partial charge on any atom is 0.199 e. The minimum Gasteiger partial charge on any atom is -0.463 e. The lowest BCUT2D eigenvalue weighted by atomic mass is 10.1. The predicted octanol–water partition coefficient (Wildman–Crippen LogP) is 2.95. The standard InChI is InChI=1S/C16H10N2O2/c1-2-4-12-5-3-6-14-15(19)13(10-20-16(12)14)7-11(8-17)9-18/h2-3,5-7,10H,1,4H2. The van der Waals surface area contributed by atoms with E-state index in [1.165, 1.54) is 12.3 Å². The Morgan fingerprint density at radius 1 is 1.35 bits per heavy atom. The molecule has 0 unspecified atom stereocenters. The number of para-hydroxylation sites is 1. The first-order valence-electron chi connectivity index (χ1n) is 5.87. The molecule has 0 aliphatic rings. The largest absolute Gasteiger partial charge is 0.463 e. The monoisotopic (exact) mass is 262 g/mol. The smallest absolute Gasteiger partial charge is 0.199 e. The number of allylic oxidation sites excluding steroid dienone is 2. The Hall–Kier alpha value is -3.11. The molecule has 0 spiro atoms. The molecule has 96 valence electrons. The molecule has 1 aromatic carbocycles. The number of hydrogen-bond acceptors (Lipinski definition) is 4. The van der Waals surface area contributed by atoms with Gasteiger partial charge in [0.15, 0.2) is 5.43 Å². The Labute approximate surface area is 115 Å². The summed E-state index contributed by atoms with van der Waals surface area (Å²) in [5.41, 5.74) is 1.15. The topological polar surface area (TPSA) is 77.8 Å². The van der Waals surface area contributed by atoms with Gasteiger partial charge in [-0.05, 0) is 24.1 Å². The van der Waals surface area contributed by atoms with Gasteiger partial charge in [0.1, 0.15) is 29.6 Å². The lowest BCUT2D eigenvalue weighted by Gasteiger charge is -2.03. The van der Waals surface area contributed by atoms with Crippen LogP contribution in [0.3, 0.4) is 0 Å². The highest BCUT2D eigenvalue weighted by Crippen LogP contribution is 2.18. The van der Waals surface area contributed by atoms with Gasteiger partial charge in [0.05, 0.1) is 10.9 Å². The summed E-state index contributed by atoms with van der Waals surface area (Å²) in [6.45, 7) is 3.66. The molecule has 2 rings (SSSR count). The van der Waals surface area contributed by atoms with Crippen molar-refractivity contribution in [3.05, 3.63) is 64.0 Å². The van der Waals surface area contributed by atoms with E-state index in [1.807, 2.05) is 6.07 Å².